The van der Waals surface area contributed by atoms with Gasteiger partial charge in [-0.05, 0) is 48.1 Å². The fourth-order valence-electron chi connectivity index (χ4n) is 2.96. The number of hydrogen-bond donors (Lipinski definition) is 1. The van der Waals surface area contributed by atoms with Crippen LogP contribution in [0.4, 0.5) is 0 Å². The van der Waals surface area contributed by atoms with E-state index in [0.717, 1.165) is 31.4 Å². The summed E-state index contributed by atoms with van der Waals surface area (Å²) in [5.41, 5.74) is 1.09. The molecule has 1 amide bonds. The number of carbonyl (C=O) groups excluding carboxylic acids is 1. The topological polar surface area (TPSA) is 59.9 Å². The zero-order valence-electron chi connectivity index (χ0n) is 13.7. The Bertz CT molecular complexity index is 699. The van der Waals surface area contributed by atoms with Gasteiger partial charge in [0.25, 0.3) is 0 Å². The summed E-state index contributed by atoms with van der Waals surface area (Å²) in [6, 6.07) is 7.59. The summed E-state index contributed by atoms with van der Waals surface area (Å²) < 4.78 is 11.8. The molecule has 1 heterocycles. The van der Waals surface area contributed by atoms with E-state index in [0.29, 0.717) is 16.7 Å². The fraction of sp³-hybridized carbons (Fsp3) is 0.412. The summed E-state index contributed by atoms with van der Waals surface area (Å²) >= 11 is 0. The zero-order valence-corrected chi connectivity index (χ0v) is 14.5. The van der Waals surface area contributed by atoms with E-state index in [1.165, 1.54) is 11.8 Å². The maximum absolute atomic E-state index is 11.6. The summed E-state index contributed by atoms with van der Waals surface area (Å²) in [6.07, 6.45) is 6.26. The molecule has 1 unspecified atom stereocenters. The molecule has 124 valence electrons. The van der Waals surface area contributed by atoms with E-state index < -0.39 is 10.3 Å². The van der Waals surface area contributed by atoms with E-state index in [9.17, 15) is 4.79 Å². The van der Waals surface area contributed by atoms with Gasteiger partial charge in [-0.1, -0.05) is 12.1 Å². The molecule has 1 aliphatic heterocycles. The molecule has 0 saturated carbocycles. The Morgan fingerprint density at radius 1 is 1.22 bits per heavy atom. The minimum Gasteiger partial charge on any atom is -0.493 e. The second kappa shape index (κ2) is 6.28. The van der Waals surface area contributed by atoms with Crippen molar-refractivity contribution in [1.82, 2.24) is 5.32 Å². The first kappa shape index (κ1) is 15.9. The highest BCUT2D eigenvalue weighted by Gasteiger charge is 2.41. The van der Waals surface area contributed by atoms with Gasteiger partial charge in [-0.25, -0.2) is 4.99 Å². The Balaban J connectivity index is 1.99. The van der Waals surface area contributed by atoms with Crippen LogP contribution >= 0.6 is 10.3 Å². The van der Waals surface area contributed by atoms with Crippen molar-refractivity contribution in [2.75, 3.05) is 13.4 Å². The molecule has 23 heavy (non-hydrogen) atoms. The van der Waals surface area contributed by atoms with Crippen molar-refractivity contribution in [3.8, 4) is 11.5 Å². The Morgan fingerprint density at radius 2 is 1.91 bits per heavy atom. The Kier molecular flexibility index (Phi) is 4.35. The van der Waals surface area contributed by atoms with Crippen molar-refractivity contribution in [2.24, 2.45) is 4.99 Å². The number of aliphatic imine (C=N–C) groups is 1. The molecule has 2 aliphatic rings. The molecule has 0 spiro atoms. The van der Waals surface area contributed by atoms with E-state index >= 15 is 0 Å². The molecule has 3 rings (SSSR count). The van der Waals surface area contributed by atoms with Gasteiger partial charge in [0.1, 0.15) is 0 Å². The van der Waals surface area contributed by atoms with Gasteiger partial charge in [0.05, 0.1) is 12.8 Å². The monoisotopic (exact) mass is 334 g/mol. The van der Waals surface area contributed by atoms with E-state index in [-0.39, 0.29) is 5.91 Å². The van der Waals surface area contributed by atoms with Crippen LogP contribution in [0.3, 0.4) is 0 Å². The lowest BCUT2D eigenvalue weighted by Gasteiger charge is -2.36. The summed E-state index contributed by atoms with van der Waals surface area (Å²) in [6.45, 7) is 1.50. The largest absolute Gasteiger partial charge is 0.493 e. The smallest absolute Gasteiger partial charge is 0.222 e. The summed E-state index contributed by atoms with van der Waals surface area (Å²) in [5, 5.41) is 3.54. The molecular formula is C17H22N2O3S. The van der Waals surface area contributed by atoms with Gasteiger partial charge in [-0.15, -0.1) is 0 Å². The number of hydrogen-bond acceptors (Lipinski definition) is 4. The second-order valence-electron chi connectivity index (χ2n) is 5.75. The van der Waals surface area contributed by atoms with Gasteiger partial charge in [0.2, 0.25) is 5.91 Å². The number of nitrogens with zero attached hydrogens (tertiary/aromatic N) is 1. The predicted molar refractivity (Wildman–Crippen MR) is 93.9 cm³/mol. The molecule has 0 aromatic heterocycles. The molecular weight excluding hydrogens is 312 g/mol. The molecule has 5 nitrogen and oxygen atoms in total. The molecule has 1 N–H and O–H groups in total. The first-order valence-corrected chi connectivity index (χ1v) is 9.70. The first-order valence-electron chi connectivity index (χ1n) is 7.74. The number of rotatable bonds is 3. The number of amidine groups is 1. The minimum absolute atomic E-state index is 0.119. The van der Waals surface area contributed by atoms with Crippen LogP contribution in [0.5, 0.6) is 11.5 Å². The molecule has 0 saturated heterocycles. The van der Waals surface area contributed by atoms with Gasteiger partial charge in [0.15, 0.2) is 16.7 Å². The molecule has 1 aliphatic carbocycles. The molecule has 1 atom stereocenters. The molecule has 1 aromatic carbocycles. The van der Waals surface area contributed by atoms with Crippen LogP contribution in [0.2, 0.25) is 0 Å². The van der Waals surface area contributed by atoms with Crippen molar-refractivity contribution in [1.29, 1.82) is 0 Å². The number of carbonyl (C=O) groups is 1. The van der Waals surface area contributed by atoms with Crippen LogP contribution in [0.1, 0.15) is 32.6 Å². The van der Waals surface area contributed by atoms with Gasteiger partial charge >= 0.3 is 0 Å². The maximum atomic E-state index is 11.6. The van der Waals surface area contributed by atoms with Crippen LogP contribution in [-0.4, -0.2) is 24.4 Å². The number of amides is 1. The third-order valence-corrected chi connectivity index (χ3v) is 6.90. The Hall–Kier alpha value is -1.95. The lowest BCUT2D eigenvalue weighted by Crippen LogP contribution is -2.33. The fourth-order valence-corrected chi connectivity index (χ4v) is 5.62. The number of methoxy groups -OCH3 is 1. The Morgan fingerprint density at radius 3 is 2.61 bits per heavy atom. The molecule has 0 bridgehead atoms. The van der Waals surface area contributed by atoms with Crippen molar-refractivity contribution < 1.29 is 13.7 Å². The number of ether oxygens (including phenoxy) is 1. The van der Waals surface area contributed by atoms with E-state index in [1.807, 2.05) is 24.3 Å². The molecule has 6 heteroatoms. The van der Waals surface area contributed by atoms with Crippen LogP contribution in [-0.2, 0) is 4.79 Å². The van der Waals surface area contributed by atoms with Crippen LogP contribution in [0.15, 0.2) is 39.9 Å². The van der Waals surface area contributed by atoms with Gasteiger partial charge in [0, 0.05) is 18.1 Å². The standard InChI is InChI=1S/C17H22N2O3S/c1-12(20)18-17-19-13-8-4-7-11-16(13)23(17,3)22-15-10-6-5-9-14(15)21-2/h5-6,9-10H,4,7-8,11H2,1-3H3,(H,18,19,20). The molecule has 0 fully saturated rings. The molecule has 0 radical (unpaired) electrons. The van der Waals surface area contributed by atoms with Crippen molar-refractivity contribution in [3.63, 3.8) is 0 Å². The Labute approximate surface area is 138 Å². The maximum Gasteiger partial charge on any atom is 0.222 e. The average molecular weight is 334 g/mol. The van der Waals surface area contributed by atoms with Crippen molar-refractivity contribution in [3.05, 3.63) is 34.9 Å². The van der Waals surface area contributed by atoms with Gasteiger partial charge in [-0.3, -0.25) is 4.79 Å². The third-order valence-electron chi connectivity index (χ3n) is 4.07. The average Bonchev–Trinajstić information content (AvgIpc) is 2.80. The third kappa shape index (κ3) is 2.95. The highest BCUT2D eigenvalue weighted by molar-refractivity contribution is 8.44. The van der Waals surface area contributed by atoms with Crippen molar-refractivity contribution >= 4 is 21.4 Å². The summed E-state index contributed by atoms with van der Waals surface area (Å²) in [4.78, 5) is 17.5. The summed E-state index contributed by atoms with van der Waals surface area (Å²) in [7, 11) is -0.181. The number of allylic oxidation sites excluding steroid dienone is 2. The van der Waals surface area contributed by atoms with E-state index in [1.54, 1.807) is 7.11 Å². The van der Waals surface area contributed by atoms with E-state index in [4.69, 9.17) is 13.9 Å². The zero-order chi connectivity index (χ0) is 16.4. The normalized spacial score (nSPS) is 26.0. The van der Waals surface area contributed by atoms with Crippen LogP contribution in [0, 0.1) is 0 Å². The van der Waals surface area contributed by atoms with E-state index in [2.05, 4.69) is 11.6 Å². The van der Waals surface area contributed by atoms with Crippen LogP contribution < -0.4 is 14.2 Å². The predicted octanol–water partition coefficient (Wildman–Crippen LogP) is 3.71. The minimum atomic E-state index is -1.81. The summed E-state index contributed by atoms with van der Waals surface area (Å²) in [5.74, 6) is 1.25. The highest BCUT2D eigenvalue weighted by atomic mass is 32.3. The lowest BCUT2D eigenvalue weighted by atomic mass is 10.1. The van der Waals surface area contributed by atoms with Crippen molar-refractivity contribution in [2.45, 2.75) is 32.6 Å². The SMILES string of the molecule is COc1ccccc1OS1(C)C(NC(C)=O)=NC2=C1CCCC2. The first-order chi connectivity index (χ1) is 11.0. The number of para-hydroxylation sites is 2. The number of benzene rings is 1. The van der Waals surface area contributed by atoms with Crippen LogP contribution in [0.25, 0.3) is 0 Å². The number of nitrogens with one attached hydrogen (secondary N) is 1. The lowest BCUT2D eigenvalue weighted by molar-refractivity contribution is -0.117. The van der Waals surface area contributed by atoms with Gasteiger partial charge in [-0.2, -0.15) is 0 Å². The second-order valence-corrected chi connectivity index (χ2v) is 8.49. The van der Waals surface area contributed by atoms with Gasteiger partial charge < -0.3 is 14.2 Å². The molecule has 1 aromatic rings. The quantitative estimate of drug-likeness (QED) is 0.916. The highest BCUT2D eigenvalue weighted by Crippen LogP contribution is 2.62.